The Labute approximate surface area is 62.3 Å². The van der Waals surface area contributed by atoms with E-state index in [1.807, 2.05) is 11.1 Å². The van der Waals surface area contributed by atoms with E-state index in [4.69, 9.17) is 0 Å². The van der Waals surface area contributed by atoms with Gasteiger partial charge in [0.15, 0.2) is 0 Å². The summed E-state index contributed by atoms with van der Waals surface area (Å²) in [6.07, 6.45) is 8.98. The van der Waals surface area contributed by atoms with Crippen molar-refractivity contribution in [2.45, 2.75) is 38.5 Å². The summed E-state index contributed by atoms with van der Waals surface area (Å²) in [5, 5.41) is 0. The van der Waals surface area contributed by atoms with Gasteiger partial charge in [0.05, 0.1) is 0 Å². The van der Waals surface area contributed by atoms with Gasteiger partial charge in [0, 0.05) is 0 Å². The average Bonchev–Trinajstić information content (AvgIpc) is 1.90. The van der Waals surface area contributed by atoms with E-state index < -0.39 is 0 Å². The summed E-state index contributed by atoms with van der Waals surface area (Å²) in [4.78, 5) is 0. The molecule has 3 aliphatic rings. The molecule has 0 bridgehead atoms. The fourth-order valence-electron chi connectivity index (χ4n) is 3.04. The van der Waals surface area contributed by atoms with E-state index in [0.29, 0.717) is 0 Å². The minimum absolute atomic E-state index is 1.11. The zero-order valence-electron chi connectivity index (χ0n) is 6.40. The molecule has 0 amide bonds. The van der Waals surface area contributed by atoms with Gasteiger partial charge in [0.25, 0.3) is 0 Å². The molecule has 0 aromatic rings. The maximum absolute atomic E-state index is 1.91. The van der Waals surface area contributed by atoms with Crippen LogP contribution in [0.4, 0.5) is 0 Å². The van der Waals surface area contributed by atoms with Crippen molar-refractivity contribution < 1.29 is 0 Å². The molecule has 0 heteroatoms. The molecule has 0 radical (unpaired) electrons. The predicted octanol–water partition coefficient (Wildman–Crippen LogP) is 2.90. The van der Waals surface area contributed by atoms with Gasteiger partial charge in [0.1, 0.15) is 0 Å². The number of fused-ring (bicyclic) bond motifs is 3. The Morgan fingerprint density at radius 2 is 1.30 bits per heavy atom. The largest absolute Gasteiger partial charge is 0.0670 e. The van der Waals surface area contributed by atoms with Crippen LogP contribution in [0.3, 0.4) is 0 Å². The maximum atomic E-state index is 1.91. The monoisotopic (exact) mass is 134 g/mol. The molecule has 0 nitrogen and oxygen atoms in total. The zero-order valence-corrected chi connectivity index (χ0v) is 6.40. The molecular formula is C10H14. The van der Waals surface area contributed by atoms with Gasteiger partial charge in [-0.3, -0.25) is 0 Å². The Bertz CT molecular complexity index is 178. The van der Waals surface area contributed by atoms with Crippen LogP contribution in [-0.4, -0.2) is 0 Å². The van der Waals surface area contributed by atoms with E-state index in [9.17, 15) is 0 Å². The van der Waals surface area contributed by atoms with Crippen LogP contribution in [0.2, 0.25) is 0 Å². The third-order valence-corrected chi connectivity index (χ3v) is 3.72. The van der Waals surface area contributed by atoms with Crippen LogP contribution in [0.1, 0.15) is 38.5 Å². The Balaban J connectivity index is 1.95. The van der Waals surface area contributed by atoms with Crippen LogP contribution >= 0.6 is 0 Å². The van der Waals surface area contributed by atoms with E-state index in [1.54, 1.807) is 0 Å². The third-order valence-electron chi connectivity index (χ3n) is 3.72. The van der Waals surface area contributed by atoms with Gasteiger partial charge in [-0.25, -0.2) is 0 Å². The first-order chi connectivity index (χ1) is 4.97. The van der Waals surface area contributed by atoms with E-state index >= 15 is 0 Å². The van der Waals surface area contributed by atoms with Crippen molar-refractivity contribution in [3.63, 3.8) is 0 Å². The van der Waals surface area contributed by atoms with E-state index in [2.05, 4.69) is 0 Å². The SMILES string of the molecule is C1CCC2=C(C1)C1CCC21. The first-order valence-electron chi connectivity index (χ1n) is 4.68. The molecule has 0 heterocycles. The first-order valence-corrected chi connectivity index (χ1v) is 4.68. The molecule has 10 heavy (non-hydrogen) atoms. The molecule has 2 atom stereocenters. The summed E-state index contributed by atoms with van der Waals surface area (Å²) >= 11 is 0. The molecule has 0 aromatic carbocycles. The minimum atomic E-state index is 1.11. The number of hydrogen-bond acceptors (Lipinski definition) is 0. The highest BCUT2D eigenvalue weighted by Crippen LogP contribution is 2.58. The summed E-state index contributed by atoms with van der Waals surface area (Å²) in [5.74, 6) is 2.21. The fraction of sp³-hybridized carbons (Fsp3) is 0.800. The van der Waals surface area contributed by atoms with E-state index in [0.717, 1.165) is 11.8 Å². The lowest BCUT2D eigenvalue weighted by molar-refractivity contribution is 0.178. The van der Waals surface area contributed by atoms with Crippen LogP contribution < -0.4 is 0 Å². The van der Waals surface area contributed by atoms with Crippen molar-refractivity contribution in [1.82, 2.24) is 0 Å². The number of allylic oxidation sites excluding steroid dienone is 2. The topological polar surface area (TPSA) is 0 Å². The summed E-state index contributed by atoms with van der Waals surface area (Å²) in [6.45, 7) is 0. The molecule has 3 rings (SSSR count). The summed E-state index contributed by atoms with van der Waals surface area (Å²) in [5.41, 5.74) is 3.81. The van der Waals surface area contributed by atoms with Crippen molar-refractivity contribution >= 4 is 0 Å². The quantitative estimate of drug-likeness (QED) is 0.447. The average molecular weight is 134 g/mol. The molecule has 0 aromatic heterocycles. The summed E-state index contributed by atoms with van der Waals surface area (Å²) in [6, 6.07) is 0. The van der Waals surface area contributed by atoms with Crippen LogP contribution in [-0.2, 0) is 0 Å². The Morgan fingerprint density at radius 3 is 1.70 bits per heavy atom. The Morgan fingerprint density at radius 1 is 0.800 bits per heavy atom. The standard InChI is InChI=1S/C10H14/c1-2-4-8-7(3-1)9-5-6-10(8)9/h9-10H,1-6H2. The predicted molar refractivity (Wildman–Crippen MR) is 41.7 cm³/mol. The lowest BCUT2D eigenvalue weighted by Gasteiger charge is -2.52. The molecule has 0 saturated heterocycles. The van der Waals surface area contributed by atoms with Crippen LogP contribution in [0.25, 0.3) is 0 Å². The van der Waals surface area contributed by atoms with Crippen molar-refractivity contribution in [2.24, 2.45) is 11.8 Å². The lowest BCUT2D eigenvalue weighted by atomic mass is 9.53. The van der Waals surface area contributed by atoms with Crippen molar-refractivity contribution in [3.8, 4) is 0 Å². The molecule has 2 unspecified atom stereocenters. The van der Waals surface area contributed by atoms with Crippen LogP contribution in [0, 0.1) is 11.8 Å². The molecule has 0 N–H and O–H groups in total. The Hall–Kier alpha value is -0.260. The molecule has 0 aliphatic heterocycles. The molecule has 1 saturated carbocycles. The minimum Gasteiger partial charge on any atom is -0.0670 e. The van der Waals surface area contributed by atoms with E-state index in [-0.39, 0.29) is 0 Å². The van der Waals surface area contributed by atoms with Gasteiger partial charge in [-0.2, -0.15) is 0 Å². The highest BCUT2D eigenvalue weighted by molar-refractivity contribution is 5.37. The normalized spacial score (nSPS) is 43.2. The van der Waals surface area contributed by atoms with Crippen LogP contribution in [0.5, 0.6) is 0 Å². The highest BCUT2D eigenvalue weighted by Gasteiger charge is 2.45. The molecule has 1 fully saturated rings. The fourth-order valence-corrected chi connectivity index (χ4v) is 3.04. The van der Waals surface area contributed by atoms with Gasteiger partial charge >= 0.3 is 0 Å². The summed E-state index contributed by atoms with van der Waals surface area (Å²) in [7, 11) is 0. The van der Waals surface area contributed by atoms with E-state index in [1.165, 1.54) is 38.5 Å². The number of hydrogen-bond donors (Lipinski definition) is 0. The zero-order chi connectivity index (χ0) is 6.55. The maximum Gasteiger partial charge on any atom is -0.0134 e. The van der Waals surface area contributed by atoms with Gasteiger partial charge in [-0.05, 0) is 50.4 Å². The molecule has 0 spiro atoms. The second kappa shape index (κ2) is 1.66. The van der Waals surface area contributed by atoms with Crippen LogP contribution in [0.15, 0.2) is 11.1 Å². The highest BCUT2D eigenvalue weighted by atomic mass is 14.5. The smallest absolute Gasteiger partial charge is 0.0134 e. The van der Waals surface area contributed by atoms with Gasteiger partial charge in [0.2, 0.25) is 0 Å². The number of rotatable bonds is 0. The van der Waals surface area contributed by atoms with Crippen molar-refractivity contribution in [2.75, 3.05) is 0 Å². The molecule has 54 valence electrons. The van der Waals surface area contributed by atoms with Gasteiger partial charge < -0.3 is 0 Å². The second-order valence-electron chi connectivity index (χ2n) is 4.05. The van der Waals surface area contributed by atoms with Gasteiger partial charge in [-0.1, -0.05) is 11.1 Å². The lowest BCUT2D eigenvalue weighted by Crippen LogP contribution is -2.40. The third kappa shape index (κ3) is 0.457. The van der Waals surface area contributed by atoms with Crippen molar-refractivity contribution in [3.05, 3.63) is 11.1 Å². The summed E-state index contributed by atoms with van der Waals surface area (Å²) < 4.78 is 0. The van der Waals surface area contributed by atoms with Gasteiger partial charge in [-0.15, -0.1) is 0 Å². The Kier molecular flexibility index (Phi) is 0.898. The molecule has 3 aliphatic carbocycles. The first kappa shape index (κ1) is 5.40. The van der Waals surface area contributed by atoms with Crippen molar-refractivity contribution in [1.29, 1.82) is 0 Å². The molecular weight excluding hydrogens is 120 g/mol. The second-order valence-corrected chi connectivity index (χ2v) is 4.05.